The lowest BCUT2D eigenvalue weighted by molar-refractivity contribution is -0.0261. The van der Waals surface area contributed by atoms with E-state index in [9.17, 15) is 8.78 Å². The van der Waals surface area contributed by atoms with Gasteiger partial charge in [0, 0.05) is 32.0 Å². The van der Waals surface area contributed by atoms with E-state index in [-0.39, 0.29) is 12.1 Å². The summed E-state index contributed by atoms with van der Waals surface area (Å²) in [4.78, 5) is 13.7. The molecule has 0 unspecified atom stereocenters. The van der Waals surface area contributed by atoms with Crippen LogP contribution in [-0.2, 0) is 16.0 Å². The number of aromatic nitrogens is 6. The van der Waals surface area contributed by atoms with Gasteiger partial charge in [-0.3, -0.25) is 0 Å². The van der Waals surface area contributed by atoms with Crippen LogP contribution >= 0.6 is 0 Å². The van der Waals surface area contributed by atoms with Crippen LogP contribution in [0.15, 0.2) is 24.4 Å². The zero-order valence-electron chi connectivity index (χ0n) is 19.8. The van der Waals surface area contributed by atoms with E-state index >= 15 is 0 Å². The van der Waals surface area contributed by atoms with Gasteiger partial charge in [-0.1, -0.05) is 0 Å². The summed E-state index contributed by atoms with van der Waals surface area (Å²) in [7, 11) is 3.45. The smallest absolute Gasteiger partial charge is 0.256 e. The van der Waals surface area contributed by atoms with Crippen LogP contribution in [0.4, 0.5) is 20.5 Å². The van der Waals surface area contributed by atoms with Gasteiger partial charge in [-0.15, -0.1) is 5.10 Å². The number of anilines is 2. The second kappa shape index (κ2) is 9.70. The molecular formula is C23H28F2N8O2. The van der Waals surface area contributed by atoms with Crippen molar-refractivity contribution in [3.8, 4) is 11.3 Å². The van der Waals surface area contributed by atoms with E-state index in [0.29, 0.717) is 47.7 Å². The van der Waals surface area contributed by atoms with Gasteiger partial charge in [0.05, 0.1) is 31.6 Å². The van der Waals surface area contributed by atoms with Gasteiger partial charge in [0.2, 0.25) is 5.95 Å². The van der Waals surface area contributed by atoms with Crippen LogP contribution in [0.1, 0.15) is 18.7 Å². The van der Waals surface area contributed by atoms with E-state index in [4.69, 9.17) is 9.47 Å². The van der Waals surface area contributed by atoms with E-state index in [1.165, 1.54) is 4.57 Å². The average molecular weight is 487 g/mol. The van der Waals surface area contributed by atoms with Crippen LogP contribution in [-0.4, -0.2) is 75.1 Å². The van der Waals surface area contributed by atoms with Crippen molar-refractivity contribution in [2.24, 2.45) is 0 Å². The molecule has 4 aromatic heterocycles. The van der Waals surface area contributed by atoms with E-state index in [2.05, 4.69) is 30.7 Å². The molecule has 0 radical (unpaired) electrons. The number of rotatable bonds is 10. The fourth-order valence-corrected chi connectivity index (χ4v) is 4.39. The molecule has 0 saturated heterocycles. The molecule has 1 aliphatic carbocycles. The Morgan fingerprint density at radius 2 is 1.97 bits per heavy atom. The highest BCUT2D eigenvalue weighted by Gasteiger charge is 2.30. The molecule has 0 atom stereocenters. The number of fused-ring (bicyclic) bond motifs is 2. The first-order valence-electron chi connectivity index (χ1n) is 11.5. The zero-order chi connectivity index (χ0) is 24.5. The number of aryl methyl sites for hydroxylation is 1. The molecule has 1 saturated carbocycles. The summed E-state index contributed by atoms with van der Waals surface area (Å²) in [5.74, 6) is 1.65. The van der Waals surface area contributed by atoms with Crippen molar-refractivity contribution in [3.05, 3.63) is 30.2 Å². The van der Waals surface area contributed by atoms with Gasteiger partial charge in [-0.25, -0.2) is 23.3 Å². The van der Waals surface area contributed by atoms with E-state index < -0.39 is 13.0 Å². The van der Waals surface area contributed by atoms with Gasteiger partial charge in [0.15, 0.2) is 11.5 Å². The number of nitrogens with zero attached hydrogens (tertiary/aromatic N) is 6. The molecule has 1 fully saturated rings. The van der Waals surface area contributed by atoms with Crippen molar-refractivity contribution in [2.75, 3.05) is 38.0 Å². The highest BCUT2D eigenvalue weighted by Crippen LogP contribution is 2.31. The summed E-state index contributed by atoms with van der Waals surface area (Å²) in [6, 6.07) is 5.77. The van der Waals surface area contributed by atoms with Crippen molar-refractivity contribution in [3.63, 3.8) is 0 Å². The van der Waals surface area contributed by atoms with E-state index in [1.54, 1.807) is 31.7 Å². The van der Waals surface area contributed by atoms with Gasteiger partial charge in [-0.2, -0.15) is 4.98 Å². The normalized spacial score (nSPS) is 17.9. The number of hydrogen-bond acceptors (Lipinski definition) is 8. The maximum absolute atomic E-state index is 13.1. The highest BCUT2D eigenvalue weighted by atomic mass is 19.3. The molecule has 1 aliphatic rings. The second-order valence-corrected chi connectivity index (χ2v) is 8.55. The number of imidazole rings is 1. The van der Waals surface area contributed by atoms with Crippen LogP contribution in [0, 0.1) is 6.92 Å². The maximum atomic E-state index is 13.1. The molecule has 2 N–H and O–H groups in total. The van der Waals surface area contributed by atoms with Gasteiger partial charge < -0.3 is 24.7 Å². The number of hydrogen-bond donors (Lipinski definition) is 2. The van der Waals surface area contributed by atoms with Crippen LogP contribution in [0.3, 0.4) is 0 Å². The second-order valence-electron chi connectivity index (χ2n) is 8.55. The molecule has 0 amide bonds. The molecule has 4 heterocycles. The molecule has 4 aromatic rings. The minimum atomic E-state index is -2.50. The van der Waals surface area contributed by atoms with Gasteiger partial charge >= 0.3 is 0 Å². The first-order valence-corrected chi connectivity index (χ1v) is 11.5. The summed E-state index contributed by atoms with van der Waals surface area (Å²) >= 11 is 0. The Labute approximate surface area is 200 Å². The molecule has 5 rings (SSSR count). The van der Waals surface area contributed by atoms with Gasteiger partial charge in [0.1, 0.15) is 16.9 Å². The number of nitrogens with one attached hydrogen (secondary N) is 2. The number of alkyl halides is 2. The predicted octanol–water partition coefficient (Wildman–Crippen LogP) is 3.36. The number of ether oxygens (including phenoxy) is 2. The Kier molecular flexibility index (Phi) is 6.48. The Hall–Kier alpha value is -3.38. The summed E-state index contributed by atoms with van der Waals surface area (Å²) in [6.07, 6.45) is 1.32. The highest BCUT2D eigenvalue weighted by molar-refractivity contribution is 5.89. The van der Waals surface area contributed by atoms with Crippen molar-refractivity contribution in [2.45, 2.75) is 44.9 Å². The monoisotopic (exact) mass is 486 g/mol. The number of methoxy groups -OCH3 is 1. The van der Waals surface area contributed by atoms with Crippen molar-refractivity contribution in [1.82, 2.24) is 29.1 Å². The molecule has 12 heteroatoms. The number of halogens is 2. The van der Waals surface area contributed by atoms with Crippen LogP contribution in [0.25, 0.3) is 27.9 Å². The Morgan fingerprint density at radius 1 is 1.14 bits per heavy atom. The molecule has 186 valence electrons. The van der Waals surface area contributed by atoms with Gasteiger partial charge in [-0.05, 0) is 38.0 Å². The molecule has 0 aliphatic heterocycles. The van der Waals surface area contributed by atoms with Crippen LogP contribution in [0.5, 0.6) is 0 Å². The molecule has 0 bridgehead atoms. The lowest BCUT2D eigenvalue weighted by atomic mass is 9.89. The minimum Gasteiger partial charge on any atom is -0.382 e. The lowest BCUT2D eigenvalue weighted by Crippen LogP contribution is -2.41. The summed E-state index contributed by atoms with van der Waals surface area (Å²) < 4.78 is 40.2. The zero-order valence-corrected chi connectivity index (χ0v) is 19.8. The quantitative estimate of drug-likeness (QED) is 0.329. The SMILES string of the molecule is CNc1nc(NC2CC(OCCOC)C2)nn2ccc(-c3ccc4nc(C)n(CC(F)F)c4n3)c12. The summed E-state index contributed by atoms with van der Waals surface area (Å²) in [6.45, 7) is 2.43. The largest absolute Gasteiger partial charge is 0.382 e. The fourth-order valence-electron chi connectivity index (χ4n) is 4.39. The average Bonchev–Trinajstić information content (AvgIpc) is 3.37. The minimum absolute atomic E-state index is 0.219. The first kappa shape index (κ1) is 23.4. The third-order valence-corrected chi connectivity index (χ3v) is 6.20. The van der Waals surface area contributed by atoms with Gasteiger partial charge in [0.25, 0.3) is 6.43 Å². The molecule has 10 nitrogen and oxygen atoms in total. The van der Waals surface area contributed by atoms with Crippen molar-refractivity contribution in [1.29, 1.82) is 0 Å². The van der Waals surface area contributed by atoms with E-state index in [0.717, 1.165) is 23.9 Å². The topological polar surface area (TPSA) is 103 Å². The predicted molar refractivity (Wildman–Crippen MR) is 128 cm³/mol. The Bertz CT molecular complexity index is 1330. The molecule has 0 spiro atoms. The molecule has 0 aromatic carbocycles. The first-order chi connectivity index (χ1) is 17.0. The molecular weight excluding hydrogens is 458 g/mol. The van der Waals surface area contributed by atoms with Crippen LogP contribution in [0.2, 0.25) is 0 Å². The van der Waals surface area contributed by atoms with Crippen molar-refractivity contribution >= 4 is 28.4 Å². The summed E-state index contributed by atoms with van der Waals surface area (Å²) in [5, 5.41) is 11.1. The third-order valence-electron chi connectivity index (χ3n) is 6.20. The van der Waals surface area contributed by atoms with Crippen molar-refractivity contribution < 1.29 is 18.3 Å². The number of pyridine rings is 1. The van der Waals surface area contributed by atoms with E-state index in [1.807, 2.05) is 18.3 Å². The summed E-state index contributed by atoms with van der Waals surface area (Å²) in [5.41, 5.74) is 3.18. The fraction of sp³-hybridized carbons (Fsp3) is 0.478. The Morgan fingerprint density at radius 3 is 2.71 bits per heavy atom. The lowest BCUT2D eigenvalue weighted by Gasteiger charge is -2.35. The Balaban J connectivity index is 1.41. The van der Waals surface area contributed by atoms with Crippen LogP contribution < -0.4 is 10.6 Å². The molecule has 35 heavy (non-hydrogen) atoms. The maximum Gasteiger partial charge on any atom is 0.256 e. The standard InChI is InChI=1S/C23H28F2N8O2/c1-13-27-18-5-4-17(29-22(18)32(13)12-19(24)25)16-6-7-33-20(16)21(26-2)30-23(31-33)28-14-10-15(11-14)35-9-8-34-3/h4-7,14-15,19H,8-12H2,1-3H3,(H2,26,28,30,31). The third kappa shape index (κ3) is 4.63.